The molecule has 1 aliphatic heterocycles. The zero-order valence-corrected chi connectivity index (χ0v) is 10.0. The monoisotopic (exact) mass is 222 g/mol. The molecule has 0 aromatic rings. The zero-order valence-electron chi connectivity index (χ0n) is 10.0. The number of ether oxygens (including phenoxy) is 1. The standard InChI is InChI=1S/C12H18N2O2/c1-12(2,3)10(8-13)14-11(15)9-6-4-5-7-16-9/h6,10H,4-5,7H2,1-3H3,(H,14,15). The molecule has 0 fully saturated rings. The molecule has 1 rings (SSSR count). The lowest BCUT2D eigenvalue weighted by Crippen LogP contribution is -2.43. The van der Waals surface area contributed by atoms with Crippen LogP contribution >= 0.6 is 0 Å². The summed E-state index contributed by atoms with van der Waals surface area (Å²) in [5, 5.41) is 11.7. The van der Waals surface area contributed by atoms with E-state index < -0.39 is 6.04 Å². The van der Waals surface area contributed by atoms with Crippen LogP contribution in [0.25, 0.3) is 0 Å². The van der Waals surface area contributed by atoms with Gasteiger partial charge in [0, 0.05) is 0 Å². The second-order valence-corrected chi connectivity index (χ2v) is 4.96. The average molecular weight is 222 g/mol. The zero-order chi connectivity index (χ0) is 12.2. The molecule has 0 radical (unpaired) electrons. The van der Waals surface area contributed by atoms with Gasteiger partial charge in [0.15, 0.2) is 5.76 Å². The fraction of sp³-hybridized carbons (Fsp3) is 0.667. The highest BCUT2D eigenvalue weighted by Gasteiger charge is 2.27. The minimum absolute atomic E-state index is 0.278. The van der Waals surface area contributed by atoms with E-state index in [4.69, 9.17) is 10.00 Å². The number of carbonyl (C=O) groups is 1. The molecule has 0 spiro atoms. The van der Waals surface area contributed by atoms with Crippen molar-refractivity contribution < 1.29 is 9.53 Å². The van der Waals surface area contributed by atoms with Crippen LogP contribution in [0.3, 0.4) is 0 Å². The number of nitrogens with one attached hydrogen (secondary N) is 1. The molecular formula is C12H18N2O2. The normalized spacial score (nSPS) is 17.8. The van der Waals surface area contributed by atoms with Crippen LogP contribution in [0.2, 0.25) is 0 Å². The van der Waals surface area contributed by atoms with Crippen LogP contribution in [0.4, 0.5) is 0 Å². The number of amides is 1. The second-order valence-electron chi connectivity index (χ2n) is 4.96. The van der Waals surface area contributed by atoms with Gasteiger partial charge < -0.3 is 10.1 Å². The second kappa shape index (κ2) is 5.02. The minimum Gasteiger partial charge on any atom is -0.488 e. The summed E-state index contributed by atoms with van der Waals surface area (Å²) in [6.45, 7) is 6.32. The molecule has 4 heteroatoms. The Kier molecular flexibility index (Phi) is 3.94. The fourth-order valence-corrected chi connectivity index (χ4v) is 1.36. The Labute approximate surface area is 96.3 Å². The van der Waals surface area contributed by atoms with Crippen molar-refractivity contribution in [1.82, 2.24) is 5.32 Å². The molecule has 1 N–H and O–H groups in total. The van der Waals surface area contributed by atoms with E-state index in [9.17, 15) is 4.79 Å². The SMILES string of the molecule is CC(C)(C)C(C#N)NC(=O)C1=CCCCO1. The number of nitrogens with zero attached hydrogens (tertiary/aromatic N) is 1. The van der Waals surface area contributed by atoms with Gasteiger partial charge in [0.1, 0.15) is 6.04 Å². The lowest BCUT2D eigenvalue weighted by molar-refractivity contribution is -0.122. The number of nitriles is 1. The summed E-state index contributed by atoms with van der Waals surface area (Å²) in [4.78, 5) is 11.8. The molecule has 1 atom stereocenters. The molecule has 0 saturated heterocycles. The maximum atomic E-state index is 11.8. The van der Waals surface area contributed by atoms with Crippen molar-refractivity contribution in [2.75, 3.05) is 6.61 Å². The fourth-order valence-electron chi connectivity index (χ4n) is 1.36. The molecule has 0 aromatic carbocycles. The van der Waals surface area contributed by atoms with Crippen LogP contribution in [0.1, 0.15) is 33.6 Å². The van der Waals surface area contributed by atoms with Gasteiger partial charge in [-0.1, -0.05) is 20.8 Å². The third-order valence-electron chi connectivity index (χ3n) is 2.43. The molecular weight excluding hydrogens is 204 g/mol. The molecule has 4 nitrogen and oxygen atoms in total. The Morgan fingerprint density at radius 3 is 2.75 bits per heavy atom. The highest BCUT2D eigenvalue weighted by Crippen LogP contribution is 2.19. The third-order valence-corrected chi connectivity index (χ3v) is 2.43. The Morgan fingerprint density at radius 2 is 2.31 bits per heavy atom. The van der Waals surface area contributed by atoms with Crippen molar-refractivity contribution in [2.45, 2.75) is 39.7 Å². The van der Waals surface area contributed by atoms with Gasteiger partial charge in [-0.3, -0.25) is 4.79 Å². The van der Waals surface area contributed by atoms with Crippen LogP contribution in [0.15, 0.2) is 11.8 Å². The molecule has 88 valence electrons. The summed E-state index contributed by atoms with van der Waals surface area (Å²) < 4.78 is 5.24. The Balaban J connectivity index is 2.63. The van der Waals surface area contributed by atoms with Gasteiger partial charge in [-0.15, -0.1) is 0 Å². The van der Waals surface area contributed by atoms with Gasteiger partial charge in [0.2, 0.25) is 0 Å². The van der Waals surface area contributed by atoms with Crippen LogP contribution < -0.4 is 5.32 Å². The van der Waals surface area contributed by atoms with Gasteiger partial charge in [-0.2, -0.15) is 5.26 Å². The van der Waals surface area contributed by atoms with Gasteiger partial charge in [-0.05, 0) is 24.3 Å². The number of carbonyl (C=O) groups excluding carboxylic acids is 1. The van der Waals surface area contributed by atoms with E-state index in [0.717, 1.165) is 12.8 Å². The predicted molar refractivity (Wildman–Crippen MR) is 60.3 cm³/mol. The summed E-state index contributed by atoms with van der Waals surface area (Å²) in [5.41, 5.74) is -0.278. The number of allylic oxidation sites excluding steroid dienone is 1. The molecule has 0 aliphatic carbocycles. The van der Waals surface area contributed by atoms with Crippen LogP contribution in [0.5, 0.6) is 0 Å². The molecule has 0 saturated carbocycles. The maximum Gasteiger partial charge on any atom is 0.287 e. The van der Waals surface area contributed by atoms with Crippen LogP contribution in [0, 0.1) is 16.7 Å². The smallest absolute Gasteiger partial charge is 0.287 e. The number of hydrogen-bond donors (Lipinski definition) is 1. The topological polar surface area (TPSA) is 62.1 Å². The van der Waals surface area contributed by atoms with E-state index in [2.05, 4.69) is 11.4 Å². The minimum atomic E-state index is -0.508. The first kappa shape index (κ1) is 12.6. The van der Waals surface area contributed by atoms with E-state index in [1.807, 2.05) is 20.8 Å². The highest BCUT2D eigenvalue weighted by molar-refractivity contribution is 5.91. The van der Waals surface area contributed by atoms with E-state index >= 15 is 0 Å². The molecule has 0 aromatic heterocycles. The Hall–Kier alpha value is -1.50. The lowest BCUT2D eigenvalue weighted by atomic mass is 9.87. The van der Waals surface area contributed by atoms with Crippen molar-refractivity contribution in [2.24, 2.45) is 5.41 Å². The van der Waals surface area contributed by atoms with E-state index in [-0.39, 0.29) is 11.3 Å². The van der Waals surface area contributed by atoms with E-state index in [1.54, 1.807) is 6.08 Å². The maximum absolute atomic E-state index is 11.8. The van der Waals surface area contributed by atoms with Crippen LogP contribution in [-0.2, 0) is 9.53 Å². The van der Waals surface area contributed by atoms with E-state index in [1.165, 1.54) is 0 Å². The molecule has 16 heavy (non-hydrogen) atoms. The summed E-state index contributed by atoms with van der Waals surface area (Å²) in [5.74, 6) is 0.0527. The van der Waals surface area contributed by atoms with Crippen molar-refractivity contribution >= 4 is 5.91 Å². The molecule has 1 aliphatic rings. The van der Waals surface area contributed by atoms with Gasteiger partial charge in [0.25, 0.3) is 5.91 Å². The summed E-state index contributed by atoms with van der Waals surface area (Å²) in [6.07, 6.45) is 3.57. The lowest BCUT2D eigenvalue weighted by Gasteiger charge is -2.26. The van der Waals surface area contributed by atoms with E-state index in [0.29, 0.717) is 12.4 Å². The van der Waals surface area contributed by atoms with Crippen LogP contribution in [-0.4, -0.2) is 18.6 Å². The van der Waals surface area contributed by atoms with Gasteiger partial charge in [0.05, 0.1) is 12.7 Å². The van der Waals surface area contributed by atoms with Gasteiger partial charge in [-0.25, -0.2) is 0 Å². The quantitative estimate of drug-likeness (QED) is 0.774. The predicted octanol–water partition coefficient (Wildman–Crippen LogP) is 1.74. The first-order chi connectivity index (χ1) is 7.45. The average Bonchev–Trinajstić information content (AvgIpc) is 2.25. The molecule has 1 amide bonds. The Morgan fingerprint density at radius 1 is 1.62 bits per heavy atom. The number of hydrogen-bond acceptors (Lipinski definition) is 3. The summed E-state index contributed by atoms with van der Waals surface area (Å²) in [7, 11) is 0. The first-order valence-corrected chi connectivity index (χ1v) is 5.48. The first-order valence-electron chi connectivity index (χ1n) is 5.48. The van der Waals surface area contributed by atoms with Crippen molar-refractivity contribution in [1.29, 1.82) is 5.26 Å². The van der Waals surface area contributed by atoms with Crippen molar-refractivity contribution in [3.63, 3.8) is 0 Å². The van der Waals surface area contributed by atoms with Gasteiger partial charge >= 0.3 is 0 Å². The molecule has 1 heterocycles. The highest BCUT2D eigenvalue weighted by atomic mass is 16.5. The molecule has 1 unspecified atom stereocenters. The molecule has 0 bridgehead atoms. The Bertz CT molecular complexity index is 334. The third kappa shape index (κ3) is 3.27. The summed E-state index contributed by atoms with van der Waals surface area (Å²) >= 11 is 0. The van der Waals surface area contributed by atoms with Crippen molar-refractivity contribution in [3.05, 3.63) is 11.8 Å². The van der Waals surface area contributed by atoms with Crippen molar-refractivity contribution in [3.8, 4) is 6.07 Å². The number of rotatable bonds is 2. The largest absolute Gasteiger partial charge is 0.488 e. The summed E-state index contributed by atoms with van der Waals surface area (Å²) in [6, 6.07) is 1.59.